The number of carbonyl (C=O) groups is 1. The van der Waals surface area contributed by atoms with Crippen LogP contribution in [0.15, 0.2) is 29.1 Å². The Bertz CT molecular complexity index is 537. The first-order valence-electron chi connectivity index (χ1n) is 5.52. The van der Waals surface area contributed by atoms with E-state index in [0.29, 0.717) is 11.4 Å². The van der Waals surface area contributed by atoms with Crippen molar-refractivity contribution in [3.8, 4) is 0 Å². The molecule has 0 radical (unpaired) electrons. The van der Waals surface area contributed by atoms with Crippen molar-refractivity contribution in [1.82, 2.24) is 15.5 Å². The van der Waals surface area contributed by atoms with E-state index in [0.717, 1.165) is 11.3 Å². The molecule has 0 saturated heterocycles. The number of aryl methyl sites for hydroxylation is 1. The van der Waals surface area contributed by atoms with Crippen molar-refractivity contribution in [3.63, 3.8) is 0 Å². The third-order valence-electron chi connectivity index (χ3n) is 2.57. The number of aromatic nitrogens is 2. The lowest BCUT2D eigenvalue weighted by atomic mass is 10.1. The van der Waals surface area contributed by atoms with Gasteiger partial charge in [-0.05, 0) is 30.7 Å². The summed E-state index contributed by atoms with van der Waals surface area (Å²) in [6, 6.07) is 5.56. The van der Waals surface area contributed by atoms with Gasteiger partial charge in [-0.15, -0.1) is 0 Å². The maximum absolute atomic E-state index is 11.9. The van der Waals surface area contributed by atoms with Gasteiger partial charge < -0.3 is 15.2 Å². The van der Waals surface area contributed by atoms with E-state index < -0.39 is 0 Å². The fourth-order valence-electron chi connectivity index (χ4n) is 1.60. The molecule has 0 spiro atoms. The number of benzene rings is 1. The van der Waals surface area contributed by atoms with Gasteiger partial charge in [0.05, 0.1) is 6.54 Å². The van der Waals surface area contributed by atoms with Crippen molar-refractivity contribution >= 4 is 11.6 Å². The molecule has 0 atom stereocenters. The van der Waals surface area contributed by atoms with Crippen LogP contribution in [-0.4, -0.2) is 23.1 Å². The highest BCUT2D eigenvalue weighted by molar-refractivity contribution is 5.95. The lowest BCUT2D eigenvalue weighted by Crippen LogP contribution is -2.24. The average Bonchev–Trinajstić information content (AvgIpc) is 2.88. The van der Waals surface area contributed by atoms with Gasteiger partial charge >= 0.3 is 0 Å². The van der Waals surface area contributed by atoms with E-state index in [4.69, 9.17) is 0 Å². The summed E-state index contributed by atoms with van der Waals surface area (Å²) < 4.78 is 4.59. The Hall–Kier alpha value is -2.37. The molecule has 0 aliphatic heterocycles. The summed E-state index contributed by atoms with van der Waals surface area (Å²) in [6.45, 7) is 2.15. The molecule has 6 nitrogen and oxygen atoms in total. The summed E-state index contributed by atoms with van der Waals surface area (Å²) in [5.74, 6) is 0.299. The fraction of sp³-hybridized carbons (Fsp3) is 0.250. The van der Waals surface area contributed by atoms with Gasteiger partial charge in [0.1, 0.15) is 0 Å². The molecule has 0 fully saturated rings. The van der Waals surface area contributed by atoms with Crippen LogP contribution in [0.1, 0.15) is 21.7 Å². The van der Waals surface area contributed by atoms with Gasteiger partial charge in [0.15, 0.2) is 5.82 Å². The van der Waals surface area contributed by atoms with Crippen molar-refractivity contribution in [2.45, 2.75) is 13.5 Å². The molecule has 2 N–H and O–H groups in total. The molecule has 0 aliphatic carbocycles. The summed E-state index contributed by atoms with van der Waals surface area (Å²) in [6.07, 6.45) is 1.23. The van der Waals surface area contributed by atoms with Gasteiger partial charge in [-0.1, -0.05) is 5.16 Å². The Kier molecular flexibility index (Phi) is 3.57. The fourth-order valence-corrected chi connectivity index (χ4v) is 1.60. The monoisotopic (exact) mass is 246 g/mol. The molecule has 1 heterocycles. The van der Waals surface area contributed by atoms with E-state index in [9.17, 15) is 4.79 Å². The summed E-state index contributed by atoms with van der Waals surface area (Å²) in [4.78, 5) is 15.8. The van der Waals surface area contributed by atoms with Crippen LogP contribution in [0, 0.1) is 6.92 Å². The van der Waals surface area contributed by atoms with Crippen molar-refractivity contribution < 1.29 is 9.32 Å². The Morgan fingerprint density at radius 3 is 2.89 bits per heavy atom. The van der Waals surface area contributed by atoms with E-state index in [-0.39, 0.29) is 12.5 Å². The number of nitrogens with zero attached hydrogens (tertiary/aromatic N) is 2. The van der Waals surface area contributed by atoms with Gasteiger partial charge in [0.2, 0.25) is 6.39 Å². The van der Waals surface area contributed by atoms with Gasteiger partial charge in [0, 0.05) is 18.3 Å². The number of rotatable bonds is 4. The maximum atomic E-state index is 11.9. The molecule has 1 amide bonds. The highest BCUT2D eigenvalue weighted by atomic mass is 16.5. The molecule has 2 rings (SSSR count). The molecule has 1 aromatic heterocycles. The zero-order valence-electron chi connectivity index (χ0n) is 10.2. The van der Waals surface area contributed by atoms with Crippen LogP contribution in [0.3, 0.4) is 0 Å². The molecule has 6 heteroatoms. The summed E-state index contributed by atoms with van der Waals surface area (Å²) in [7, 11) is 1.84. The second kappa shape index (κ2) is 5.31. The van der Waals surface area contributed by atoms with Gasteiger partial charge in [-0.2, -0.15) is 4.98 Å². The summed E-state index contributed by atoms with van der Waals surface area (Å²) >= 11 is 0. The average molecular weight is 246 g/mol. The van der Waals surface area contributed by atoms with Crippen LogP contribution >= 0.6 is 0 Å². The third-order valence-corrected chi connectivity index (χ3v) is 2.57. The number of anilines is 1. The molecular weight excluding hydrogens is 232 g/mol. The summed E-state index contributed by atoms with van der Waals surface area (Å²) in [5, 5.41) is 9.38. The van der Waals surface area contributed by atoms with Gasteiger partial charge in [-0.25, -0.2) is 0 Å². The van der Waals surface area contributed by atoms with E-state index in [2.05, 4.69) is 25.3 Å². The molecule has 2 aromatic rings. The smallest absolute Gasteiger partial charge is 0.251 e. The minimum atomic E-state index is -0.153. The lowest BCUT2D eigenvalue weighted by molar-refractivity contribution is 0.0949. The number of nitrogens with one attached hydrogen (secondary N) is 2. The highest BCUT2D eigenvalue weighted by Crippen LogP contribution is 2.14. The Labute approximate surface area is 104 Å². The number of amides is 1. The molecule has 1 aromatic carbocycles. The maximum Gasteiger partial charge on any atom is 0.251 e. The molecule has 0 unspecified atom stereocenters. The largest absolute Gasteiger partial charge is 0.388 e. The van der Waals surface area contributed by atoms with E-state index in [1.807, 2.05) is 26.1 Å². The molecule has 0 aliphatic rings. The van der Waals surface area contributed by atoms with E-state index in [1.165, 1.54) is 6.39 Å². The normalized spacial score (nSPS) is 10.1. The van der Waals surface area contributed by atoms with Crippen LogP contribution in [0.4, 0.5) is 5.69 Å². The Balaban J connectivity index is 2.04. The van der Waals surface area contributed by atoms with Crippen molar-refractivity contribution in [2.24, 2.45) is 0 Å². The van der Waals surface area contributed by atoms with E-state index >= 15 is 0 Å². The zero-order valence-corrected chi connectivity index (χ0v) is 10.2. The Morgan fingerprint density at radius 2 is 2.28 bits per heavy atom. The van der Waals surface area contributed by atoms with Crippen LogP contribution in [0.2, 0.25) is 0 Å². The van der Waals surface area contributed by atoms with Crippen molar-refractivity contribution in [2.75, 3.05) is 12.4 Å². The third kappa shape index (κ3) is 2.65. The first-order chi connectivity index (χ1) is 8.70. The first kappa shape index (κ1) is 12.1. The molecule has 18 heavy (non-hydrogen) atoms. The topological polar surface area (TPSA) is 80.0 Å². The standard InChI is InChI=1S/C12H14N4O2/c1-8-5-9(13-2)3-4-10(8)12(17)14-6-11-15-7-18-16-11/h3-5,7,13H,6H2,1-2H3,(H,14,17). The predicted octanol–water partition coefficient (Wildman–Crippen LogP) is 1.35. The second-order valence-corrected chi connectivity index (χ2v) is 3.81. The lowest BCUT2D eigenvalue weighted by Gasteiger charge is -2.08. The van der Waals surface area contributed by atoms with Crippen LogP contribution in [0.5, 0.6) is 0 Å². The van der Waals surface area contributed by atoms with Gasteiger partial charge in [-0.3, -0.25) is 4.79 Å². The molecule has 0 bridgehead atoms. The van der Waals surface area contributed by atoms with Crippen molar-refractivity contribution in [3.05, 3.63) is 41.5 Å². The second-order valence-electron chi connectivity index (χ2n) is 3.81. The highest BCUT2D eigenvalue weighted by Gasteiger charge is 2.10. The molecule has 94 valence electrons. The minimum absolute atomic E-state index is 0.153. The quantitative estimate of drug-likeness (QED) is 0.851. The molecular formula is C12H14N4O2. The predicted molar refractivity (Wildman–Crippen MR) is 66.2 cm³/mol. The SMILES string of the molecule is CNc1ccc(C(=O)NCc2ncon2)c(C)c1. The first-order valence-corrected chi connectivity index (χ1v) is 5.52. The van der Waals surface area contributed by atoms with E-state index in [1.54, 1.807) is 6.07 Å². The van der Waals surface area contributed by atoms with Crippen LogP contribution in [-0.2, 0) is 6.54 Å². The van der Waals surface area contributed by atoms with Gasteiger partial charge in [0.25, 0.3) is 5.91 Å². The molecule has 0 saturated carbocycles. The summed E-state index contributed by atoms with van der Waals surface area (Å²) in [5.41, 5.74) is 2.52. The van der Waals surface area contributed by atoms with Crippen LogP contribution in [0.25, 0.3) is 0 Å². The number of hydrogen-bond acceptors (Lipinski definition) is 5. The van der Waals surface area contributed by atoms with Crippen molar-refractivity contribution in [1.29, 1.82) is 0 Å². The Morgan fingerprint density at radius 1 is 1.44 bits per heavy atom. The minimum Gasteiger partial charge on any atom is -0.388 e. The zero-order chi connectivity index (χ0) is 13.0. The van der Waals surface area contributed by atoms with Crippen LogP contribution < -0.4 is 10.6 Å². The number of carbonyl (C=O) groups excluding carboxylic acids is 1. The number of hydrogen-bond donors (Lipinski definition) is 2.